The van der Waals surface area contributed by atoms with Gasteiger partial charge in [-0.3, -0.25) is 0 Å². The molecule has 1 N–H and O–H groups in total. The van der Waals surface area contributed by atoms with Gasteiger partial charge in [-0.15, -0.1) is 10.2 Å². The molecule has 128 valence electrons. The van der Waals surface area contributed by atoms with E-state index in [2.05, 4.69) is 39.4 Å². The van der Waals surface area contributed by atoms with Crippen LogP contribution in [0.5, 0.6) is 0 Å². The lowest BCUT2D eigenvalue weighted by molar-refractivity contribution is -0.0437. The zero-order valence-corrected chi connectivity index (χ0v) is 14.5. The number of aliphatic hydroxyl groups is 1. The van der Waals surface area contributed by atoms with Crippen molar-refractivity contribution in [2.75, 3.05) is 24.7 Å². The number of benzene rings is 1. The average molecular weight is 345 g/mol. The summed E-state index contributed by atoms with van der Waals surface area (Å²) in [6, 6.07) is 10.7. The molecule has 5 nitrogen and oxygen atoms in total. The van der Waals surface area contributed by atoms with Crippen LogP contribution in [0.3, 0.4) is 0 Å². The first-order chi connectivity index (χ1) is 11.8. The fourth-order valence-electron chi connectivity index (χ4n) is 3.79. The van der Waals surface area contributed by atoms with Gasteiger partial charge in [-0.2, -0.15) is 0 Å². The van der Waals surface area contributed by atoms with Gasteiger partial charge in [-0.05, 0) is 24.8 Å². The SMILES string of the molecule is O[C@@H]1CCOC[C@H]1[C@H]1CCCN1c1nnc(Cc2ccccc2)s1. The number of aliphatic hydroxyl groups excluding tert-OH is 1. The Morgan fingerprint density at radius 2 is 2.08 bits per heavy atom. The van der Waals surface area contributed by atoms with E-state index in [0.29, 0.717) is 19.3 Å². The molecule has 2 fully saturated rings. The minimum absolute atomic E-state index is 0.183. The van der Waals surface area contributed by atoms with Crippen LogP contribution in [0.4, 0.5) is 5.13 Å². The maximum absolute atomic E-state index is 10.4. The van der Waals surface area contributed by atoms with Crippen molar-refractivity contribution in [3.8, 4) is 0 Å². The highest BCUT2D eigenvalue weighted by Crippen LogP contribution is 2.35. The van der Waals surface area contributed by atoms with Crippen molar-refractivity contribution in [2.24, 2.45) is 5.92 Å². The minimum Gasteiger partial charge on any atom is -0.393 e. The van der Waals surface area contributed by atoms with Crippen LogP contribution in [0.1, 0.15) is 29.8 Å². The highest BCUT2D eigenvalue weighted by atomic mass is 32.1. The van der Waals surface area contributed by atoms with Crippen LogP contribution in [-0.4, -0.2) is 47.2 Å². The topological polar surface area (TPSA) is 58.5 Å². The molecule has 2 aromatic rings. The van der Waals surface area contributed by atoms with Crippen molar-refractivity contribution in [3.05, 3.63) is 40.9 Å². The lowest BCUT2D eigenvalue weighted by Gasteiger charge is -2.36. The van der Waals surface area contributed by atoms with Crippen LogP contribution < -0.4 is 4.90 Å². The lowest BCUT2D eigenvalue weighted by Crippen LogP contribution is -2.46. The van der Waals surface area contributed by atoms with Crippen LogP contribution >= 0.6 is 11.3 Å². The summed E-state index contributed by atoms with van der Waals surface area (Å²) in [4.78, 5) is 2.34. The van der Waals surface area contributed by atoms with E-state index in [0.717, 1.165) is 42.4 Å². The number of nitrogens with zero attached hydrogens (tertiary/aromatic N) is 3. The molecule has 0 aliphatic carbocycles. The molecule has 24 heavy (non-hydrogen) atoms. The third-order valence-electron chi connectivity index (χ3n) is 5.06. The van der Waals surface area contributed by atoms with E-state index in [1.807, 2.05) is 6.07 Å². The number of ether oxygens (including phenoxy) is 1. The molecule has 4 rings (SSSR count). The lowest BCUT2D eigenvalue weighted by atomic mass is 9.89. The van der Waals surface area contributed by atoms with E-state index in [1.165, 1.54) is 5.56 Å². The third kappa shape index (κ3) is 3.31. The maximum atomic E-state index is 10.4. The van der Waals surface area contributed by atoms with Gasteiger partial charge >= 0.3 is 0 Å². The van der Waals surface area contributed by atoms with Gasteiger partial charge in [0.05, 0.1) is 12.7 Å². The molecule has 2 aliphatic heterocycles. The Morgan fingerprint density at radius 3 is 2.92 bits per heavy atom. The van der Waals surface area contributed by atoms with Crippen molar-refractivity contribution in [3.63, 3.8) is 0 Å². The second-order valence-electron chi connectivity index (χ2n) is 6.64. The molecule has 2 aliphatic rings. The third-order valence-corrected chi connectivity index (χ3v) is 6.02. The molecule has 0 spiro atoms. The number of anilines is 1. The van der Waals surface area contributed by atoms with Crippen molar-refractivity contribution < 1.29 is 9.84 Å². The highest BCUT2D eigenvalue weighted by Gasteiger charge is 2.38. The molecule has 0 saturated carbocycles. The predicted octanol–water partition coefficient (Wildman–Crippen LogP) is 2.50. The average Bonchev–Trinajstić information content (AvgIpc) is 3.25. The Bertz CT molecular complexity index is 663. The summed E-state index contributed by atoms with van der Waals surface area (Å²) in [5.41, 5.74) is 1.26. The molecule has 1 aromatic heterocycles. The van der Waals surface area contributed by atoms with Crippen LogP contribution in [0, 0.1) is 5.92 Å². The van der Waals surface area contributed by atoms with Gasteiger partial charge in [0.25, 0.3) is 0 Å². The first-order valence-corrected chi connectivity index (χ1v) is 9.51. The Balaban J connectivity index is 1.48. The number of hydrogen-bond acceptors (Lipinski definition) is 6. The zero-order chi connectivity index (χ0) is 16.4. The van der Waals surface area contributed by atoms with E-state index in [9.17, 15) is 5.11 Å². The van der Waals surface area contributed by atoms with Gasteiger partial charge in [-0.1, -0.05) is 41.7 Å². The summed E-state index contributed by atoms with van der Waals surface area (Å²) in [6.45, 7) is 2.32. The first kappa shape index (κ1) is 16.0. The minimum atomic E-state index is -0.263. The second-order valence-corrected chi connectivity index (χ2v) is 7.68. The maximum Gasteiger partial charge on any atom is 0.208 e. The molecule has 0 amide bonds. The van der Waals surface area contributed by atoms with Crippen LogP contribution in [-0.2, 0) is 11.2 Å². The van der Waals surface area contributed by atoms with Crippen molar-refractivity contribution in [2.45, 2.75) is 37.8 Å². The van der Waals surface area contributed by atoms with Crippen molar-refractivity contribution in [1.29, 1.82) is 0 Å². The quantitative estimate of drug-likeness (QED) is 0.923. The van der Waals surface area contributed by atoms with Gasteiger partial charge in [-0.25, -0.2) is 0 Å². The van der Waals surface area contributed by atoms with E-state index in [-0.39, 0.29) is 12.0 Å². The molecular formula is C18H23N3O2S. The molecule has 0 unspecified atom stereocenters. The number of hydrogen-bond donors (Lipinski definition) is 1. The second kappa shape index (κ2) is 7.17. The van der Waals surface area contributed by atoms with Gasteiger partial charge in [0.1, 0.15) is 5.01 Å². The molecule has 3 heterocycles. The summed E-state index contributed by atoms with van der Waals surface area (Å²) in [6.07, 6.45) is 3.54. The predicted molar refractivity (Wildman–Crippen MR) is 94.5 cm³/mol. The molecule has 6 heteroatoms. The van der Waals surface area contributed by atoms with Crippen LogP contribution in [0.25, 0.3) is 0 Å². The molecule has 3 atom stereocenters. The molecule has 2 saturated heterocycles. The Labute approximate surface area is 146 Å². The fraction of sp³-hybridized carbons (Fsp3) is 0.556. The Morgan fingerprint density at radius 1 is 1.21 bits per heavy atom. The zero-order valence-electron chi connectivity index (χ0n) is 13.7. The van der Waals surface area contributed by atoms with E-state index < -0.39 is 0 Å². The van der Waals surface area contributed by atoms with Crippen LogP contribution in [0.2, 0.25) is 0 Å². The van der Waals surface area contributed by atoms with E-state index >= 15 is 0 Å². The normalized spacial score (nSPS) is 27.5. The van der Waals surface area contributed by atoms with Gasteiger partial charge in [0, 0.05) is 31.5 Å². The first-order valence-electron chi connectivity index (χ1n) is 8.70. The summed E-state index contributed by atoms with van der Waals surface area (Å²) < 4.78 is 5.61. The molecule has 0 radical (unpaired) electrons. The monoisotopic (exact) mass is 345 g/mol. The summed E-state index contributed by atoms with van der Waals surface area (Å²) >= 11 is 1.68. The number of rotatable bonds is 4. The largest absolute Gasteiger partial charge is 0.393 e. The highest BCUT2D eigenvalue weighted by molar-refractivity contribution is 7.15. The summed E-state index contributed by atoms with van der Waals surface area (Å²) in [5.74, 6) is 0.183. The number of aromatic nitrogens is 2. The van der Waals surface area contributed by atoms with Crippen molar-refractivity contribution >= 4 is 16.5 Å². The molecule has 1 aromatic carbocycles. The van der Waals surface area contributed by atoms with Gasteiger partial charge in [0.15, 0.2) is 0 Å². The molecular weight excluding hydrogens is 322 g/mol. The summed E-state index contributed by atoms with van der Waals surface area (Å²) in [5, 5.41) is 21.2. The van der Waals surface area contributed by atoms with E-state index in [1.54, 1.807) is 11.3 Å². The molecule has 0 bridgehead atoms. The standard InChI is InChI=1S/C18H23N3O2S/c22-16-8-10-23-12-14(16)15-7-4-9-21(15)18-20-19-17(24-18)11-13-5-2-1-3-6-13/h1-3,5-6,14-16,22H,4,7-12H2/t14-,15+,16+/m0/s1. The Hall–Kier alpha value is -1.50. The van der Waals surface area contributed by atoms with Crippen molar-refractivity contribution in [1.82, 2.24) is 10.2 Å². The van der Waals surface area contributed by atoms with Crippen LogP contribution in [0.15, 0.2) is 30.3 Å². The Kier molecular flexibility index (Phi) is 4.78. The van der Waals surface area contributed by atoms with Gasteiger partial charge in [0.2, 0.25) is 5.13 Å². The van der Waals surface area contributed by atoms with Gasteiger partial charge < -0.3 is 14.7 Å². The summed E-state index contributed by atoms with van der Waals surface area (Å²) in [7, 11) is 0. The van der Waals surface area contributed by atoms with E-state index in [4.69, 9.17) is 4.74 Å². The smallest absolute Gasteiger partial charge is 0.208 e. The fourth-order valence-corrected chi connectivity index (χ4v) is 4.75.